The second-order valence-corrected chi connectivity index (χ2v) is 12.9. The molecule has 0 unspecified atom stereocenters. The van der Waals surface area contributed by atoms with Crippen molar-refractivity contribution in [1.29, 1.82) is 0 Å². The van der Waals surface area contributed by atoms with Crippen LogP contribution >= 0.6 is 34.2 Å². The van der Waals surface area contributed by atoms with E-state index in [2.05, 4.69) is 15.0 Å². The average Bonchev–Trinajstić information content (AvgIpc) is 2.81. The van der Waals surface area contributed by atoms with Gasteiger partial charge in [0.1, 0.15) is 14.3 Å². The maximum absolute atomic E-state index is 13.4. The molecular weight excluding hydrogens is 625 g/mol. The highest BCUT2D eigenvalue weighted by atomic mass is 127. The van der Waals surface area contributed by atoms with E-state index in [1.165, 1.54) is 6.07 Å². The van der Waals surface area contributed by atoms with E-state index in [9.17, 15) is 13.2 Å². The number of anilines is 1. The van der Waals surface area contributed by atoms with Crippen LogP contribution in [0.5, 0.6) is 0 Å². The zero-order valence-electron chi connectivity index (χ0n) is 21.0. The van der Waals surface area contributed by atoms with Gasteiger partial charge in [0.05, 0.1) is 17.1 Å². The van der Waals surface area contributed by atoms with E-state index in [1.807, 2.05) is 72.8 Å². The minimum absolute atomic E-state index is 0.0570. The molecule has 10 heteroatoms. The predicted octanol–water partition coefficient (Wildman–Crippen LogP) is 6.67. The molecule has 2 aromatic heterocycles. The number of hydrogen-bond donors (Lipinski definition) is 2. The largest absolute Gasteiger partial charge is 0.454 e. The maximum atomic E-state index is 13.4. The van der Waals surface area contributed by atoms with Gasteiger partial charge in [-0.25, -0.2) is 18.1 Å². The van der Waals surface area contributed by atoms with Gasteiger partial charge in [-0.05, 0) is 81.0 Å². The molecule has 0 saturated heterocycles. The average molecular weight is 652 g/mol. The quantitative estimate of drug-likeness (QED) is 0.178. The van der Waals surface area contributed by atoms with Crippen LogP contribution in [-0.4, -0.2) is 18.9 Å². The van der Waals surface area contributed by atoms with Crippen LogP contribution in [0.2, 0.25) is 5.15 Å². The molecule has 37 heavy (non-hydrogen) atoms. The molecule has 0 spiro atoms. The van der Waals surface area contributed by atoms with E-state index in [0.29, 0.717) is 25.9 Å². The van der Waals surface area contributed by atoms with Gasteiger partial charge < -0.3 is 9.73 Å². The van der Waals surface area contributed by atoms with E-state index < -0.39 is 21.6 Å². The van der Waals surface area contributed by atoms with Crippen molar-refractivity contribution >= 4 is 60.9 Å². The summed E-state index contributed by atoms with van der Waals surface area (Å²) in [7, 11) is -3.99. The van der Waals surface area contributed by atoms with Gasteiger partial charge in [0.15, 0.2) is 10.8 Å². The van der Waals surface area contributed by atoms with Crippen molar-refractivity contribution < 1.29 is 12.8 Å². The van der Waals surface area contributed by atoms with Crippen LogP contribution in [0.15, 0.2) is 68.8 Å². The molecule has 2 N–H and O–H groups in total. The highest BCUT2D eigenvalue weighted by Gasteiger charge is 2.28. The number of nitrogens with one attached hydrogen (secondary N) is 2. The first-order chi connectivity index (χ1) is 17.3. The highest BCUT2D eigenvalue weighted by molar-refractivity contribution is 14.1. The topological polar surface area (TPSA) is 101 Å². The van der Waals surface area contributed by atoms with Crippen LogP contribution in [0.4, 0.5) is 5.69 Å². The molecule has 0 aliphatic heterocycles. The Morgan fingerprint density at radius 3 is 2.41 bits per heavy atom. The molecule has 4 rings (SSSR count). The van der Waals surface area contributed by atoms with Crippen molar-refractivity contribution in [3.8, 4) is 11.3 Å². The van der Waals surface area contributed by atoms with Crippen LogP contribution in [0.3, 0.4) is 0 Å². The van der Waals surface area contributed by atoms with Gasteiger partial charge in [-0.1, -0.05) is 48.0 Å². The first-order valence-corrected chi connectivity index (χ1v) is 14.5. The fourth-order valence-corrected chi connectivity index (χ4v) is 6.49. The number of benzene rings is 2. The molecule has 0 aliphatic carbocycles. The predicted molar refractivity (Wildman–Crippen MR) is 157 cm³/mol. The third kappa shape index (κ3) is 6.00. The van der Waals surface area contributed by atoms with Crippen LogP contribution in [0, 0.1) is 10.5 Å². The third-order valence-corrected chi connectivity index (χ3v) is 8.40. The fourth-order valence-electron chi connectivity index (χ4n) is 4.04. The molecule has 0 radical (unpaired) electrons. The Labute approximate surface area is 234 Å². The summed E-state index contributed by atoms with van der Waals surface area (Å²) in [5, 5.41) is 3.56. The van der Waals surface area contributed by atoms with Gasteiger partial charge in [-0.2, -0.15) is 0 Å². The number of aromatic nitrogens is 1. The first-order valence-electron chi connectivity index (χ1n) is 11.6. The van der Waals surface area contributed by atoms with Gasteiger partial charge >= 0.3 is 0 Å². The van der Waals surface area contributed by atoms with Crippen molar-refractivity contribution in [3.63, 3.8) is 0 Å². The molecule has 7 nitrogen and oxygen atoms in total. The Bertz CT molecular complexity index is 1650. The number of sulfonamides is 1. The second kappa shape index (κ2) is 10.4. The van der Waals surface area contributed by atoms with Crippen molar-refractivity contribution in [3.05, 3.63) is 84.7 Å². The lowest BCUT2D eigenvalue weighted by atomic mass is 10.0. The van der Waals surface area contributed by atoms with E-state index in [-0.39, 0.29) is 21.3 Å². The van der Waals surface area contributed by atoms with Crippen molar-refractivity contribution in [2.75, 3.05) is 5.32 Å². The Morgan fingerprint density at radius 1 is 1.08 bits per heavy atom. The highest BCUT2D eigenvalue weighted by Crippen LogP contribution is 2.34. The molecular formula is C27H27ClIN3O4S. The minimum atomic E-state index is -3.99. The number of hydrogen-bond acceptors (Lipinski definition) is 6. The van der Waals surface area contributed by atoms with Crippen molar-refractivity contribution in [2.24, 2.45) is 0 Å². The standard InChI is InChI=1S/C27H27ClIN3O4S/c1-15-13-18(25-19(14-15)23(33)22(29)24(36-25)17-9-7-6-8-10-17)16(2)30-20-11-12-21(28)31-26(20)37(34,35)32-27(3,4)5/h6-14,16,30,32H,1-5H3/t16-/m1/s1. The lowest BCUT2D eigenvalue weighted by Crippen LogP contribution is -2.41. The minimum Gasteiger partial charge on any atom is -0.454 e. The Morgan fingerprint density at radius 2 is 1.76 bits per heavy atom. The maximum Gasteiger partial charge on any atom is 0.260 e. The van der Waals surface area contributed by atoms with E-state index in [1.54, 1.807) is 32.9 Å². The van der Waals surface area contributed by atoms with Crippen LogP contribution in [0.1, 0.15) is 44.9 Å². The van der Waals surface area contributed by atoms with Crippen molar-refractivity contribution in [1.82, 2.24) is 9.71 Å². The lowest BCUT2D eigenvalue weighted by molar-refractivity contribution is 0.490. The summed E-state index contributed by atoms with van der Waals surface area (Å²) in [6.45, 7) is 9.02. The van der Waals surface area contributed by atoms with E-state index in [4.69, 9.17) is 16.0 Å². The molecule has 0 bridgehead atoms. The van der Waals surface area contributed by atoms with Gasteiger partial charge in [0.25, 0.3) is 10.0 Å². The number of nitrogens with zero attached hydrogens (tertiary/aromatic N) is 1. The van der Waals surface area contributed by atoms with Crippen LogP contribution in [0.25, 0.3) is 22.3 Å². The fraction of sp³-hybridized carbons (Fsp3) is 0.259. The third-order valence-electron chi connectivity index (χ3n) is 5.51. The zero-order chi connectivity index (χ0) is 27.1. The number of aryl methyl sites for hydroxylation is 1. The monoisotopic (exact) mass is 651 g/mol. The molecule has 0 aliphatic rings. The summed E-state index contributed by atoms with van der Waals surface area (Å²) in [5.41, 5.74) is 2.26. The molecule has 1 atom stereocenters. The van der Waals surface area contributed by atoms with Crippen LogP contribution < -0.4 is 15.5 Å². The SMILES string of the molecule is Cc1cc([C@@H](C)Nc2ccc(Cl)nc2S(=O)(=O)NC(C)(C)C)c2oc(-c3ccccc3)c(I)c(=O)c2c1. The Hall–Kier alpha value is -2.47. The Balaban J connectivity index is 1.85. The molecule has 0 fully saturated rings. The zero-order valence-corrected chi connectivity index (χ0v) is 24.7. The molecule has 4 aromatic rings. The normalized spacial score (nSPS) is 13.1. The molecule has 0 amide bonds. The summed E-state index contributed by atoms with van der Waals surface area (Å²) < 4.78 is 35.8. The van der Waals surface area contributed by atoms with Crippen LogP contribution in [-0.2, 0) is 10.0 Å². The van der Waals surface area contributed by atoms with Crippen molar-refractivity contribution in [2.45, 2.75) is 51.2 Å². The summed E-state index contributed by atoms with van der Waals surface area (Å²) in [5.74, 6) is 0.488. The lowest BCUT2D eigenvalue weighted by Gasteiger charge is -2.23. The van der Waals surface area contributed by atoms with Gasteiger partial charge in [0, 0.05) is 16.7 Å². The Kier molecular flexibility index (Phi) is 7.72. The smallest absolute Gasteiger partial charge is 0.260 e. The van der Waals surface area contributed by atoms with E-state index >= 15 is 0 Å². The molecule has 2 heterocycles. The second-order valence-electron chi connectivity index (χ2n) is 9.88. The van der Waals surface area contributed by atoms with E-state index in [0.717, 1.165) is 11.1 Å². The van der Waals surface area contributed by atoms with Gasteiger partial charge in [-0.15, -0.1) is 0 Å². The number of fused-ring (bicyclic) bond motifs is 1. The summed E-state index contributed by atoms with van der Waals surface area (Å²) >= 11 is 8.10. The number of halogens is 2. The summed E-state index contributed by atoms with van der Waals surface area (Å²) in [6, 6.07) is 15.8. The van der Waals surface area contributed by atoms with Gasteiger partial charge in [-0.3, -0.25) is 4.79 Å². The summed E-state index contributed by atoms with van der Waals surface area (Å²) in [4.78, 5) is 17.5. The molecule has 194 valence electrons. The van der Waals surface area contributed by atoms with Gasteiger partial charge in [0.2, 0.25) is 5.43 Å². The molecule has 0 saturated carbocycles. The molecule has 2 aromatic carbocycles. The first kappa shape index (κ1) is 27.6. The summed E-state index contributed by atoms with van der Waals surface area (Å²) in [6.07, 6.45) is 0. The number of rotatable bonds is 6. The number of pyridine rings is 1.